The molecule has 0 saturated heterocycles. The summed E-state index contributed by atoms with van der Waals surface area (Å²) >= 11 is 7.34. The number of halogens is 1. The van der Waals surface area contributed by atoms with Crippen LogP contribution in [0.3, 0.4) is 0 Å². The number of carbonyl (C=O) groups is 1. The quantitative estimate of drug-likeness (QED) is 0.695. The minimum atomic E-state index is -0.153. The highest BCUT2D eigenvalue weighted by molar-refractivity contribution is 7.17. The summed E-state index contributed by atoms with van der Waals surface area (Å²) in [5.74, 6) is 0.482. The van der Waals surface area contributed by atoms with Crippen LogP contribution in [0.15, 0.2) is 60.7 Å². The third-order valence-electron chi connectivity index (χ3n) is 3.31. The first-order valence-corrected chi connectivity index (χ1v) is 8.17. The molecule has 0 fully saturated rings. The lowest BCUT2D eigenvalue weighted by molar-refractivity contribution is 0.103. The largest absolute Gasteiger partial charge is 0.495 e. The molecule has 3 nitrogen and oxygen atoms in total. The normalized spacial score (nSPS) is 10.3. The van der Waals surface area contributed by atoms with E-state index in [1.54, 1.807) is 7.11 Å². The van der Waals surface area contributed by atoms with Gasteiger partial charge < -0.3 is 10.1 Å². The average molecular weight is 344 g/mol. The molecule has 0 atom stereocenters. The third-order valence-corrected chi connectivity index (χ3v) is 4.70. The van der Waals surface area contributed by atoms with Gasteiger partial charge in [0.1, 0.15) is 5.75 Å². The van der Waals surface area contributed by atoms with E-state index < -0.39 is 0 Å². The van der Waals surface area contributed by atoms with Crippen LogP contribution in [0.25, 0.3) is 10.4 Å². The van der Waals surface area contributed by atoms with E-state index in [1.807, 2.05) is 60.7 Å². The van der Waals surface area contributed by atoms with Crippen LogP contribution in [-0.2, 0) is 0 Å². The van der Waals surface area contributed by atoms with Gasteiger partial charge in [-0.3, -0.25) is 4.79 Å². The fourth-order valence-corrected chi connectivity index (χ4v) is 3.19. The number of para-hydroxylation sites is 2. The van der Waals surface area contributed by atoms with Gasteiger partial charge in [-0.05, 0) is 42.0 Å². The fraction of sp³-hybridized carbons (Fsp3) is 0.0556. The molecule has 5 heteroatoms. The van der Waals surface area contributed by atoms with Gasteiger partial charge in [-0.2, -0.15) is 0 Å². The second kappa shape index (κ2) is 6.86. The summed E-state index contributed by atoms with van der Waals surface area (Å²) < 4.78 is 5.24. The van der Waals surface area contributed by atoms with Crippen molar-refractivity contribution in [3.8, 4) is 16.2 Å². The van der Waals surface area contributed by atoms with Crippen LogP contribution in [0, 0.1) is 0 Å². The van der Waals surface area contributed by atoms with Gasteiger partial charge in [0, 0.05) is 9.90 Å². The summed E-state index contributed by atoms with van der Waals surface area (Å²) in [6, 6.07) is 18.6. The van der Waals surface area contributed by atoms with Crippen LogP contribution in [0.2, 0.25) is 5.02 Å². The van der Waals surface area contributed by atoms with Crippen LogP contribution < -0.4 is 10.1 Å². The van der Waals surface area contributed by atoms with Gasteiger partial charge in [0.15, 0.2) is 0 Å². The summed E-state index contributed by atoms with van der Waals surface area (Å²) in [4.78, 5) is 14.1. The maximum Gasteiger partial charge on any atom is 0.265 e. The lowest BCUT2D eigenvalue weighted by atomic mass is 10.2. The summed E-state index contributed by atoms with van der Waals surface area (Å²) in [5.41, 5.74) is 1.69. The Bertz CT molecular complexity index is 827. The number of rotatable bonds is 4. The summed E-state index contributed by atoms with van der Waals surface area (Å²) in [7, 11) is 1.58. The van der Waals surface area contributed by atoms with Crippen molar-refractivity contribution >= 4 is 34.5 Å². The number of nitrogens with one attached hydrogen (secondary N) is 1. The average Bonchev–Trinajstić information content (AvgIpc) is 3.06. The Hall–Kier alpha value is -2.30. The van der Waals surface area contributed by atoms with E-state index in [2.05, 4.69) is 5.32 Å². The summed E-state index contributed by atoms with van der Waals surface area (Å²) in [5, 5.41) is 3.57. The number of methoxy groups -OCH3 is 1. The van der Waals surface area contributed by atoms with E-state index in [1.165, 1.54) is 11.3 Å². The van der Waals surface area contributed by atoms with Crippen molar-refractivity contribution in [2.75, 3.05) is 12.4 Å². The first kappa shape index (κ1) is 15.6. The van der Waals surface area contributed by atoms with Crippen LogP contribution in [-0.4, -0.2) is 13.0 Å². The number of hydrogen-bond donors (Lipinski definition) is 1. The molecule has 0 radical (unpaired) electrons. The molecule has 3 rings (SSSR count). The second-order valence-corrected chi connectivity index (χ2v) is 6.35. The van der Waals surface area contributed by atoms with Gasteiger partial charge >= 0.3 is 0 Å². The highest BCUT2D eigenvalue weighted by Crippen LogP contribution is 2.30. The zero-order valence-corrected chi connectivity index (χ0v) is 13.9. The maximum absolute atomic E-state index is 12.4. The van der Waals surface area contributed by atoms with Crippen molar-refractivity contribution in [3.63, 3.8) is 0 Å². The molecular weight excluding hydrogens is 330 g/mol. The predicted octanol–water partition coefficient (Wildman–Crippen LogP) is 5.33. The van der Waals surface area contributed by atoms with E-state index >= 15 is 0 Å². The zero-order valence-electron chi connectivity index (χ0n) is 12.4. The predicted molar refractivity (Wildman–Crippen MR) is 95.7 cm³/mol. The highest BCUT2D eigenvalue weighted by atomic mass is 35.5. The van der Waals surface area contributed by atoms with Crippen LogP contribution in [0.4, 0.5) is 5.69 Å². The van der Waals surface area contributed by atoms with E-state index in [-0.39, 0.29) is 5.91 Å². The van der Waals surface area contributed by atoms with Gasteiger partial charge in [0.2, 0.25) is 0 Å². The van der Waals surface area contributed by atoms with E-state index in [0.717, 1.165) is 10.4 Å². The first-order valence-electron chi connectivity index (χ1n) is 6.97. The Morgan fingerprint density at radius 2 is 1.78 bits per heavy atom. The Kier molecular flexibility index (Phi) is 4.65. The van der Waals surface area contributed by atoms with Gasteiger partial charge in [-0.15, -0.1) is 11.3 Å². The SMILES string of the molecule is COc1ccccc1NC(=O)c1ccc(-c2ccc(Cl)cc2)s1. The van der Waals surface area contributed by atoms with Crippen molar-refractivity contribution in [3.05, 3.63) is 70.6 Å². The van der Waals surface area contributed by atoms with Gasteiger partial charge in [0.05, 0.1) is 17.7 Å². The molecule has 0 unspecified atom stereocenters. The molecule has 0 spiro atoms. The molecule has 1 heterocycles. The van der Waals surface area contributed by atoms with E-state index in [9.17, 15) is 4.79 Å². The zero-order chi connectivity index (χ0) is 16.2. The molecule has 0 bridgehead atoms. The number of amides is 1. The van der Waals surface area contributed by atoms with Gasteiger partial charge in [-0.25, -0.2) is 0 Å². The van der Waals surface area contributed by atoms with Crippen LogP contribution in [0.5, 0.6) is 5.75 Å². The molecule has 116 valence electrons. The van der Waals surface area contributed by atoms with Gasteiger partial charge in [0.25, 0.3) is 5.91 Å². The molecule has 0 aliphatic carbocycles. The van der Waals surface area contributed by atoms with E-state index in [4.69, 9.17) is 16.3 Å². The molecule has 1 N–H and O–H groups in total. The number of hydrogen-bond acceptors (Lipinski definition) is 3. The van der Waals surface area contributed by atoms with E-state index in [0.29, 0.717) is 21.3 Å². The lowest BCUT2D eigenvalue weighted by Gasteiger charge is -2.08. The van der Waals surface area contributed by atoms with Crippen molar-refractivity contribution < 1.29 is 9.53 Å². The Morgan fingerprint density at radius 3 is 2.52 bits per heavy atom. The fourth-order valence-electron chi connectivity index (χ4n) is 2.16. The van der Waals surface area contributed by atoms with Gasteiger partial charge in [-0.1, -0.05) is 35.9 Å². The summed E-state index contributed by atoms with van der Waals surface area (Å²) in [6.07, 6.45) is 0. The molecule has 0 saturated carbocycles. The first-order chi connectivity index (χ1) is 11.2. The molecule has 1 aromatic heterocycles. The highest BCUT2D eigenvalue weighted by Gasteiger charge is 2.12. The molecule has 1 amide bonds. The van der Waals surface area contributed by atoms with Crippen LogP contribution in [0.1, 0.15) is 9.67 Å². The minimum absolute atomic E-state index is 0.153. The molecular formula is C18H14ClNO2S. The van der Waals surface area contributed by atoms with Crippen LogP contribution >= 0.6 is 22.9 Å². The summed E-state index contributed by atoms with van der Waals surface area (Å²) in [6.45, 7) is 0. The number of carbonyl (C=O) groups excluding carboxylic acids is 1. The Labute approximate surface area is 143 Å². The minimum Gasteiger partial charge on any atom is -0.495 e. The number of thiophene rings is 1. The number of ether oxygens (including phenoxy) is 1. The van der Waals surface area contributed by atoms with Crippen molar-refractivity contribution in [2.45, 2.75) is 0 Å². The lowest BCUT2D eigenvalue weighted by Crippen LogP contribution is -2.10. The second-order valence-electron chi connectivity index (χ2n) is 4.83. The van der Waals surface area contributed by atoms with Crippen molar-refractivity contribution in [1.82, 2.24) is 0 Å². The van der Waals surface area contributed by atoms with Crippen molar-refractivity contribution in [2.24, 2.45) is 0 Å². The topological polar surface area (TPSA) is 38.3 Å². The standard InChI is InChI=1S/C18H14ClNO2S/c1-22-15-5-3-2-4-14(15)20-18(21)17-11-10-16(23-17)12-6-8-13(19)9-7-12/h2-11H,1H3,(H,20,21). The monoisotopic (exact) mass is 343 g/mol. The molecule has 0 aliphatic rings. The third kappa shape index (κ3) is 3.55. The number of anilines is 1. The molecule has 3 aromatic rings. The molecule has 23 heavy (non-hydrogen) atoms. The Morgan fingerprint density at radius 1 is 1.04 bits per heavy atom. The number of benzene rings is 2. The van der Waals surface area contributed by atoms with Crippen molar-refractivity contribution in [1.29, 1.82) is 0 Å². The Balaban J connectivity index is 1.80. The smallest absolute Gasteiger partial charge is 0.265 e. The molecule has 2 aromatic carbocycles. The maximum atomic E-state index is 12.4. The molecule has 0 aliphatic heterocycles.